The fraction of sp³-hybridized carbons (Fsp3) is 0. The number of benzene rings is 2. The van der Waals surface area contributed by atoms with Gasteiger partial charge in [0.05, 0.1) is 15.0 Å². The molecule has 0 saturated carbocycles. The number of urea groups is 1. The Kier molecular flexibility index (Phi) is 6.29. The minimum absolute atomic E-state index is 0.213. The van der Waals surface area contributed by atoms with Crippen LogP contribution in [0.5, 0.6) is 0 Å². The normalized spacial score (nSPS) is 15.4. The van der Waals surface area contributed by atoms with E-state index in [0.717, 1.165) is 22.3 Å². The second-order valence-electron chi connectivity index (χ2n) is 5.26. The minimum atomic E-state index is -0.641. The van der Waals surface area contributed by atoms with Gasteiger partial charge in [0, 0.05) is 10.7 Å². The molecule has 138 valence electrons. The number of hydrazine groups is 1. The van der Waals surface area contributed by atoms with Crippen molar-refractivity contribution in [3.8, 4) is 0 Å². The molecule has 0 spiro atoms. The topological polar surface area (TPSA) is 61.4 Å². The highest BCUT2D eigenvalue weighted by Crippen LogP contribution is 2.31. The molecule has 1 aliphatic heterocycles. The number of nitrogens with zero attached hydrogens (tertiary/aromatic N) is 1. The number of hydrogen-bond donors (Lipinski definition) is 2. The fourth-order valence-electron chi connectivity index (χ4n) is 2.11. The van der Waals surface area contributed by atoms with E-state index in [1.807, 2.05) is 0 Å². The molecule has 3 rings (SSSR count). The van der Waals surface area contributed by atoms with Crippen molar-refractivity contribution < 1.29 is 9.59 Å². The summed E-state index contributed by atoms with van der Waals surface area (Å²) < 4.78 is 0.213. The summed E-state index contributed by atoms with van der Waals surface area (Å²) in [4.78, 5) is 25.1. The Hall–Kier alpha value is -1.77. The summed E-state index contributed by atoms with van der Waals surface area (Å²) in [6.45, 7) is 0. The van der Waals surface area contributed by atoms with Crippen LogP contribution in [-0.4, -0.2) is 21.3 Å². The van der Waals surface area contributed by atoms with Gasteiger partial charge < -0.3 is 5.32 Å². The number of anilines is 1. The lowest BCUT2D eigenvalue weighted by molar-refractivity contribution is -0.123. The molecule has 2 aromatic carbocycles. The summed E-state index contributed by atoms with van der Waals surface area (Å²) in [7, 11) is 0. The summed E-state index contributed by atoms with van der Waals surface area (Å²) in [6, 6.07) is 11.0. The Balaban J connectivity index is 1.68. The van der Waals surface area contributed by atoms with Crippen LogP contribution in [0.25, 0.3) is 6.08 Å². The van der Waals surface area contributed by atoms with Gasteiger partial charge in [-0.2, -0.15) is 5.01 Å². The van der Waals surface area contributed by atoms with Gasteiger partial charge in [-0.3, -0.25) is 4.79 Å². The number of nitrogens with one attached hydrogen (secondary N) is 2. The molecule has 1 saturated heterocycles. The van der Waals surface area contributed by atoms with Crippen molar-refractivity contribution in [2.45, 2.75) is 0 Å². The molecule has 3 amide bonds. The van der Waals surface area contributed by atoms with Crippen molar-refractivity contribution in [2.24, 2.45) is 0 Å². The van der Waals surface area contributed by atoms with Crippen LogP contribution in [0.2, 0.25) is 15.1 Å². The van der Waals surface area contributed by atoms with E-state index in [2.05, 4.69) is 10.7 Å². The van der Waals surface area contributed by atoms with Gasteiger partial charge in [0.1, 0.15) is 0 Å². The standard InChI is InChI=1S/C17H10Cl3N3O2S2/c18-10-3-1-9(2-4-10)7-14-15(24)23(17(26)27-14)22-16(25)21-11-5-6-12(19)13(20)8-11/h1-8H,(H2,21,22,25)/b14-7+. The minimum Gasteiger partial charge on any atom is -0.307 e. The van der Waals surface area contributed by atoms with Crippen LogP contribution < -0.4 is 10.7 Å². The van der Waals surface area contributed by atoms with Crippen LogP contribution in [0.1, 0.15) is 5.56 Å². The van der Waals surface area contributed by atoms with Gasteiger partial charge in [0.2, 0.25) is 0 Å². The number of carbonyl (C=O) groups is 2. The lowest BCUT2D eigenvalue weighted by atomic mass is 10.2. The summed E-state index contributed by atoms with van der Waals surface area (Å²) >= 11 is 23.9. The van der Waals surface area contributed by atoms with Gasteiger partial charge in [-0.1, -0.05) is 58.7 Å². The Labute approximate surface area is 179 Å². The Morgan fingerprint density at radius 2 is 1.78 bits per heavy atom. The Bertz CT molecular complexity index is 964. The van der Waals surface area contributed by atoms with Gasteiger partial charge >= 0.3 is 6.03 Å². The molecule has 0 radical (unpaired) electrons. The molecule has 2 N–H and O–H groups in total. The average molecular weight is 459 g/mol. The van der Waals surface area contributed by atoms with E-state index in [1.54, 1.807) is 42.5 Å². The summed E-state index contributed by atoms with van der Waals surface area (Å²) in [5.41, 5.74) is 3.63. The molecule has 27 heavy (non-hydrogen) atoms. The quantitative estimate of drug-likeness (QED) is 0.465. The van der Waals surface area contributed by atoms with Crippen molar-refractivity contribution in [3.05, 3.63) is 68.0 Å². The number of hydrogen-bond acceptors (Lipinski definition) is 4. The maximum absolute atomic E-state index is 12.5. The molecule has 0 bridgehead atoms. The molecule has 0 atom stereocenters. The first-order valence-electron chi connectivity index (χ1n) is 7.40. The maximum Gasteiger partial charge on any atom is 0.338 e. The van der Waals surface area contributed by atoms with E-state index in [4.69, 9.17) is 47.0 Å². The maximum atomic E-state index is 12.5. The predicted octanol–water partition coefficient (Wildman–Crippen LogP) is 5.58. The van der Waals surface area contributed by atoms with Gasteiger partial charge in [-0.25, -0.2) is 10.2 Å². The van der Waals surface area contributed by atoms with E-state index in [0.29, 0.717) is 25.7 Å². The molecule has 0 aliphatic carbocycles. The van der Waals surface area contributed by atoms with Gasteiger partial charge in [0.25, 0.3) is 5.91 Å². The van der Waals surface area contributed by atoms with Gasteiger partial charge in [-0.15, -0.1) is 0 Å². The van der Waals surface area contributed by atoms with Crippen LogP contribution in [-0.2, 0) is 4.79 Å². The number of rotatable bonds is 3. The van der Waals surface area contributed by atoms with Crippen molar-refractivity contribution in [2.75, 3.05) is 5.32 Å². The second kappa shape index (κ2) is 8.50. The lowest BCUT2D eigenvalue weighted by Gasteiger charge is -2.16. The van der Waals surface area contributed by atoms with Crippen molar-refractivity contribution in [1.29, 1.82) is 0 Å². The first-order valence-corrected chi connectivity index (χ1v) is 9.75. The molecule has 0 aromatic heterocycles. The van der Waals surface area contributed by atoms with Gasteiger partial charge in [0.15, 0.2) is 4.32 Å². The van der Waals surface area contributed by atoms with E-state index >= 15 is 0 Å². The first-order chi connectivity index (χ1) is 12.8. The van der Waals surface area contributed by atoms with E-state index in [9.17, 15) is 9.59 Å². The third kappa shape index (κ3) is 4.94. The fourth-order valence-corrected chi connectivity index (χ4v) is 3.71. The lowest BCUT2D eigenvalue weighted by Crippen LogP contribution is -2.46. The van der Waals surface area contributed by atoms with Crippen molar-refractivity contribution >= 4 is 86.8 Å². The summed E-state index contributed by atoms with van der Waals surface area (Å²) in [5.74, 6) is -0.427. The highest BCUT2D eigenvalue weighted by molar-refractivity contribution is 8.26. The predicted molar refractivity (Wildman–Crippen MR) is 115 cm³/mol. The number of halogens is 3. The molecule has 1 aliphatic rings. The molecule has 0 unspecified atom stereocenters. The third-order valence-corrected chi connectivity index (χ3v) is 5.65. The zero-order valence-corrected chi connectivity index (χ0v) is 17.2. The highest BCUT2D eigenvalue weighted by atomic mass is 35.5. The molecule has 5 nitrogen and oxygen atoms in total. The average Bonchev–Trinajstić information content (AvgIpc) is 2.87. The Morgan fingerprint density at radius 1 is 1.07 bits per heavy atom. The molecule has 1 fully saturated rings. The smallest absolute Gasteiger partial charge is 0.307 e. The van der Waals surface area contributed by atoms with E-state index < -0.39 is 11.9 Å². The number of thiocarbonyl (C=S) groups is 1. The molecule has 10 heteroatoms. The van der Waals surface area contributed by atoms with Crippen molar-refractivity contribution in [1.82, 2.24) is 10.4 Å². The van der Waals surface area contributed by atoms with Crippen LogP contribution in [0.4, 0.5) is 10.5 Å². The van der Waals surface area contributed by atoms with Crippen LogP contribution >= 0.6 is 58.8 Å². The van der Waals surface area contributed by atoms with Crippen LogP contribution in [0, 0.1) is 0 Å². The summed E-state index contributed by atoms with van der Waals surface area (Å²) in [5, 5.41) is 4.83. The first kappa shape index (κ1) is 20.0. The summed E-state index contributed by atoms with van der Waals surface area (Å²) in [6.07, 6.45) is 1.67. The second-order valence-corrected chi connectivity index (χ2v) is 8.19. The van der Waals surface area contributed by atoms with Crippen LogP contribution in [0.15, 0.2) is 47.4 Å². The zero-order valence-electron chi connectivity index (χ0n) is 13.3. The monoisotopic (exact) mass is 457 g/mol. The molecule has 1 heterocycles. The zero-order chi connectivity index (χ0) is 19.6. The number of thioether (sulfide) groups is 1. The molecule has 2 aromatic rings. The third-order valence-electron chi connectivity index (χ3n) is 3.35. The number of amides is 3. The SMILES string of the molecule is O=C(Nc1ccc(Cl)c(Cl)c1)NN1C(=O)/C(=C\c2ccc(Cl)cc2)SC1=S. The van der Waals surface area contributed by atoms with Gasteiger partial charge in [-0.05, 0) is 54.2 Å². The van der Waals surface area contributed by atoms with Crippen LogP contribution in [0.3, 0.4) is 0 Å². The Morgan fingerprint density at radius 3 is 2.44 bits per heavy atom. The van der Waals surface area contributed by atoms with E-state index in [1.165, 1.54) is 6.07 Å². The number of carbonyl (C=O) groups excluding carboxylic acids is 2. The largest absolute Gasteiger partial charge is 0.338 e. The van der Waals surface area contributed by atoms with E-state index in [-0.39, 0.29) is 4.32 Å². The van der Waals surface area contributed by atoms with Crippen molar-refractivity contribution in [3.63, 3.8) is 0 Å². The molecular formula is C17H10Cl3N3O2S2. The highest BCUT2D eigenvalue weighted by Gasteiger charge is 2.33. The molecular weight excluding hydrogens is 449 g/mol.